The Kier molecular flexibility index (Phi) is 2.17. The first-order valence-electron chi connectivity index (χ1n) is 5.79. The normalized spacial score (nSPS) is 11.2. The van der Waals surface area contributed by atoms with Gasteiger partial charge in [-0.05, 0) is 36.9 Å². The van der Waals surface area contributed by atoms with Gasteiger partial charge in [0.15, 0.2) is 0 Å². The SMILES string of the molecule is Cc1ccc2c(c1)c(=O)oc1cc(N)c(C)cc12. The topological polar surface area (TPSA) is 56.2 Å². The van der Waals surface area contributed by atoms with Gasteiger partial charge < -0.3 is 10.2 Å². The van der Waals surface area contributed by atoms with E-state index >= 15 is 0 Å². The average molecular weight is 239 g/mol. The Morgan fingerprint density at radius 2 is 1.78 bits per heavy atom. The van der Waals surface area contributed by atoms with Gasteiger partial charge in [0.25, 0.3) is 0 Å². The van der Waals surface area contributed by atoms with Crippen molar-refractivity contribution < 1.29 is 4.42 Å². The molecule has 0 unspecified atom stereocenters. The number of nitrogen functional groups attached to an aromatic ring is 1. The monoisotopic (exact) mass is 239 g/mol. The van der Waals surface area contributed by atoms with E-state index in [1.54, 1.807) is 6.07 Å². The summed E-state index contributed by atoms with van der Waals surface area (Å²) in [6.45, 7) is 3.90. The highest BCUT2D eigenvalue weighted by Gasteiger charge is 2.09. The summed E-state index contributed by atoms with van der Waals surface area (Å²) in [5, 5.41) is 2.46. The molecule has 0 saturated carbocycles. The standard InChI is InChI=1S/C15H13NO2/c1-8-3-4-10-11-6-9(2)13(16)7-14(11)18-15(17)12(10)5-8/h3-7H,16H2,1-2H3. The number of nitrogens with two attached hydrogens (primary N) is 1. The second-order valence-electron chi connectivity index (χ2n) is 4.64. The largest absolute Gasteiger partial charge is 0.422 e. The molecule has 1 aromatic heterocycles. The van der Waals surface area contributed by atoms with E-state index in [-0.39, 0.29) is 5.63 Å². The fraction of sp³-hybridized carbons (Fsp3) is 0.133. The minimum atomic E-state index is -0.315. The summed E-state index contributed by atoms with van der Waals surface area (Å²) in [4.78, 5) is 11.9. The lowest BCUT2D eigenvalue weighted by molar-refractivity contribution is 0.570. The Morgan fingerprint density at radius 3 is 2.56 bits per heavy atom. The van der Waals surface area contributed by atoms with E-state index in [1.165, 1.54) is 0 Å². The van der Waals surface area contributed by atoms with Gasteiger partial charge in [0, 0.05) is 17.1 Å². The van der Waals surface area contributed by atoms with E-state index < -0.39 is 0 Å². The van der Waals surface area contributed by atoms with Crippen molar-refractivity contribution in [2.24, 2.45) is 0 Å². The first kappa shape index (κ1) is 10.8. The smallest absolute Gasteiger partial charge is 0.344 e. The molecule has 3 nitrogen and oxygen atoms in total. The molecule has 0 aliphatic rings. The Labute approximate surface area is 104 Å². The van der Waals surface area contributed by atoms with Crippen molar-refractivity contribution in [3.05, 3.63) is 51.9 Å². The predicted molar refractivity (Wildman–Crippen MR) is 73.9 cm³/mol. The highest BCUT2D eigenvalue weighted by atomic mass is 16.4. The van der Waals surface area contributed by atoms with Gasteiger partial charge in [0.2, 0.25) is 0 Å². The number of hydrogen-bond acceptors (Lipinski definition) is 3. The quantitative estimate of drug-likeness (QED) is 0.372. The molecule has 3 aromatic rings. The molecule has 0 radical (unpaired) electrons. The van der Waals surface area contributed by atoms with Crippen LogP contribution in [0.1, 0.15) is 11.1 Å². The molecule has 18 heavy (non-hydrogen) atoms. The zero-order chi connectivity index (χ0) is 12.9. The Bertz CT molecular complexity index is 831. The van der Waals surface area contributed by atoms with Crippen LogP contribution in [-0.4, -0.2) is 0 Å². The molecule has 0 aliphatic carbocycles. The average Bonchev–Trinajstić information content (AvgIpc) is 2.32. The summed E-state index contributed by atoms with van der Waals surface area (Å²) in [7, 11) is 0. The summed E-state index contributed by atoms with van der Waals surface area (Å²) in [5.41, 5.74) is 8.73. The van der Waals surface area contributed by atoms with Crippen molar-refractivity contribution in [1.29, 1.82) is 0 Å². The van der Waals surface area contributed by atoms with E-state index in [1.807, 2.05) is 38.1 Å². The van der Waals surface area contributed by atoms with Gasteiger partial charge in [-0.15, -0.1) is 0 Å². The van der Waals surface area contributed by atoms with E-state index in [0.717, 1.165) is 21.9 Å². The molecule has 3 heteroatoms. The molecular formula is C15H13NO2. The Hall–Kier alpha value is -2.29. The molecule has 2 N–H and O–H groups in total. The maximum atomic E-state index is 11.9. The minimum absolute atomic E-state index is 0.315. The third-order valence-corrected chi connectivity index (χ3v) is 3.26. The molecule has 90 valence electrons. The molecule has 0 saturated heterocycles. The number of aryl methyl sites for hydroxylation is 2. The van der Waals surface area contributed by atoms with Crippen LogP contribution in [0.3, 0.4) is 0 Å². The first-order valence-corrected chi connectivity index (χ1v) is 5.79. The second kappa shape index (κ2) is 3.60. The number of anilines is 1. The summed E-state index contributed by atoms with van der Waals surface area (Å²) >= 11 is 0. The van der Waals surface area contributed by atoms with Crippen LogP contribution in [0.15, 0.2) is 39.5 Å². The zero-order valence-electron chi connectivity index (χ0n) is 10.3. The first-order chi connectivity index (χ1) is 8.56. The second-order valence-corrected chi connectivity index (χ2v) is 4.64. The molecule has 1 heterocycles. The third-order valence-electron chi connectivity index (χ3n) is 3.26. The zero-order valence-corrected chi connectivity index (χ0v) is 10.3. The van der Waals surface area contributed by atoms with Gasteiger partial charge in [-0.25, -0.2) is 4.79 Å². The molecule has 3 rings (SSSR count). The number of hydrogen-bond donors (Lipinski definition) is 1. The summed E-state index contributed by atoms with van der Waals surface area (Å²) < 4.78 is 5.33. The summed E-state index contributed by atoms with van der Waals surface area (Å²) in [6.07, 6.45) is 0. The van der Waals surface area contributed by atoms with Gasteiger partial charge in [-0.2, -0.15) is 0 Å². The van der Waals surface area contributed by atoms with Gasteiger partial charge in [-0.1, -0.05) is 17.7 Å². The van der Waals surface area contributed by atoms with Crippen molar-refractivity contribution >= 4 is 27.4 Å². The third kappa shape index (κ3) is 1.48. The van der Waals surface area contributed by atoms with Crippen molar-refractivity contribution in [3.8, 4) is 0 Å². The molecule has 2 aromatic carbocycles. The highest BCUT2D eigenvalue weighted by Crippen LogP contribution is 2.27. The predicted octanol–water partition coefficient (Wildman–Crippen LogP) is 3.15. The van der Waals surface area contributed by atoms with Crippen LogP contribution in [0.25, 0.3) is 21.7 Å². The highest BCUT2D eigenvalue weighted by molar-refractivity contribution is 6.05. The lowest BCUT2D eigenvalue weighted by Gasteiger charge is -2.06. The molecule has 0 aliphatic heterocycles. The van der Waals surface area contributed by atoms with Gasteiger partial charge in [-0.3, -0.25) is 0 Å². The Morgan fingerprint density at radius 1 is 1.00 bits per heavy atom. The van der Waals surface area contributed by atoms with E-state index in [9.17, 15) is 4.79 Å². The molecular weight excluding hydrogens is 226 g/mol. The molecule has 0 amide bonds. The van der Waals surface area contributed by atoms with Crippen LogP contribution in [0.2, 0.25) is 0 Å². The minimum Gasteiger partial charge on any atom is -0.422 e. The van der Waals surface area contributed by atoms with Gasteiger partial charge in [0.05, 0.1) is 5.39 Å². The van der Waals surface area contributed by atoms with Gasteiger partial charge in [0.1, 0.15) is 5.58 Å². The fourth-order valence-corrected chi connectivity index (χ4v) is 2.22. The van der Waals surface area contributed by atoms with Crippen molar-refractivity contribution in [2.45, 2.75) is 13.8 Å². The van der Waals surface area contributed by atoms with Crippen LogP contribution < -0.4 is 11.4 Å². The molecule has 0 atom stereocenters. The van der Waals surface area contributed by atoms with Crippen LogP contribution in [0.4, 0.5) is 5.69 Å². The van der Waals surface area contributed by atoms with Gasteiger partial charge >= 0.3 is 5.63 Å². The molecule has 0 bridgehead atoms. The van der Waals surface area contributed by atoms with Crippen LogP contribution >= 0.6 is 0 Å². The number of fused-ring (bicyclic) bond motifs is 3. The lowest BCUT2D eigenvalue weighted by atomic mass is 10.0. The Balaban J connectivity index is 2.60. The fourth-order valence-electron chi connectivity index (χ4n) is 2.22. The van der Waals surface area contributed by atoms with Crippen molar-refractivity contribution in [1.82, 2.24) is 0 Å². The number of rotatable bonds is 0. The van der Waals surface area contributed by atoms with Crippen molar-refractivity contribution in [2.75, 3.05) is 5.73 Å². The van der Waals surface area contributed by atoms with Crippen molar-refractivity contribution in [3.63, 3.8) is 0 Å². The summed E-state index contributed by atoms with van der Waals surface area (Å²) in [5.74, 6) is 0. The van der Waals surface area contributed by atoms with E-state index in [0.29, 0.717) is 16.7 Å². The van der Waals surface area contributed by atoms with Crippen LogP contribution in [0.5, 0.6) is 0 Å². The summed E-state index contributed by atoms with van der Waals surface area (Å²) in [6, 6.07) is 9.48. The maximum absolute atomic E-state index is 11.9. The maximum Gasteiger partial charge on any atom is 0.344 e. The molecule has 0 spiro atoms. The van der Waals surface area contributed by atoms with Crippen LogP contribution in [0, 0.1) is 13.8 Å². The number of benzene rings is 2. The molecule has 0 fully saturated rings. The van der Waals surface area contributed by atoms with E-state index in [4.69, 9.17) is 10.2 Å². The van der Waals surface area contributed by atoms with E-state index in [2.05, 4.69) is 0 Å². The lowest BCUT2D eigenvalue weighted by Crippen LogP contribution is -2.01. The van der Waals surface area contributed by atoms with Crippen LogP contribution in [-0.2, 0) is 0 Å².